The second-order valence-corrected chi connectivity index (χ2v) is 13.2. The molecule has 3 rings (SSSR count). The lowest BCUT2D eigenvalue weighted by Crippen LogP contribution is -2.67. The Morgan fingerprint density at radius 2 is 1.57 bits per heavy atom. The molecule has 1 N–H and O–H groups in total. The van der Waals surface area contributed by atoms with Crippen LogP contribution in [0.1, 0.15) is 40.0 Å². The van der Waals surface area contributed by atoms with E-state index in [1.54, 1.807) is 7.11 Å². The zero-order valence-corrected chi connectivity index (χ0v) is 19.4. The molecule has 2 atom stereocenters. The summed E-state index contributed by atoms with van der Waals surface area (Å²) in [5.74, 6) is 0. The number of ether oxygens (including phenoxy) is 1. The number of amides is 1. The number of nitrogens with zero attached hydrogens (tertiary/aromatic N) is 1. The van der Waals surface area contributed by atoms with Gasteiger partial charge in [-0.25, -0.2) is 4.79 Å². The minimum Gasteiger partial charge on any atom is -0.465 e. The summed E-state index contributed by atoms with van der Waals surface area (Å²) in [6.07, 6.45) is 1.07. The quantitative estimate of drug-likeness (QED) is 0.706. The molecule has 2 unspecified atom stereocenters. The van der Waals surface area contributed by atoms with Crippen LogP contribution in [0.5, 0.6) is 0 Å². The number of piperidine rings is 1. The normalized spacial score (nSPS) is 20.2. The van der Waals surface area contributed by atoms with Gasteiger partial charge >= 0.3 is 6.09 Å². The van der Waals surface area contributed by atoms with Crippen molar-refractivity contribution < 1.29 is 19.1 Å². The largest absolute Gasteiger partial charge is 0.465 e. The Labute approximate surface area is 180 Å². The first-order valence-corrected chi connectivity index (χ1v) is 12.5. The van der Waals surface area contributed by atoms with Crippen molar-refractivity contribution in [3.8, 4) is 0 Å². The molecule has 1 amide bonds. The van der Waals surface area contributed by atoms with E-state index in [4.69, 9.17) is 9.16 Å². The number of carbonyl (C=O) groups is 1. The Morgan fingerprint density at radius 3 is 2.00 bits per heavy atom. The molecule has 5 nitrogen and oxygen atoms in total. The first-order chi connectivity index (χ1) is 14.3. The molecule has 6 heteroatoms. The van der Waals surface area contributed by atoms with Crippen LogP contribution in [0.3, 0.4) is 0 Å². The monoisotopic (exact) mass is 427 g/mol. The van der Waals surface area contributed by atoms with E-state index >= 15 is 0 Å². The van der Waals surface area contributed by atoms with Crippen molar-refractivity contribution in [3.05, 3.63) is 60.7 Å². The molecule has 2 aromatic carbocycles. The Balaban J connectivity index is 2.02. The summed E-state index contributed by atoms with van der Waals surface area (Å²) in [5.41, 5.74) is 0. The second-order valence-electron chi connectivity index (χ2n) is 8.94. The van der Waals surface area contributed by atoms with Crippen LogP contribution in [0.25, 0.3) is 0 Å². The third-order valence-corrected chi connectivity index (χ3v) is 11.1. The molecular weight excluding hydrogens is 394 g/mol. The first kappa shape index (κ1) is 22.5. The Bertz CT molecular complexity index is 783. The van der Waals surface area contributed by atoms with Gasteiger partial charge in [0, 0.05) is 7.11 Å². The molecule has 2 aromatic rings. The van der Waals surface area contributed by atoms with Gasteiger partial charge in [-0.05, 0) is 34.7 Å². The fourth-order valence-corrected chi connectivity index (χ4v) is 9.30. The van der Waals surface area contributed by atoms with E-state index in [-0.39, 0.29) is 11.1 Å². The third kappa shape index (κ3) is 4.31. The van der Waals surface area contributed by atoms with Gasteiger partial charge in [0.05, 0.1) is 12.6 Å². The lowest BCUT2D eigenvalue weighted by Gasteiger charge is -2.46. The molecule has 162 valence electrons. The fraction of sp³-hybridized carbons (Fsp3) is 0.458. The Hall–Kier alpha value is -2.15. The van der Waals surface area contributed by atoms with E-state index in [0.717, 1.165) is 19.3 Å². The van der Waals surface area contributed by atoms with Crippen LogP contribution in [0.4, 0.5) is 4.79 Å². The summed E-state index contributed by atoms with van der Waals surface area (Å²) in [4.78, 5) is 13.4. The van der Waals surface area contributed by atoms with Crippen molar-refractivity contribution in [2.75, 3.05) is 13.7 Å². The molecule has 1 aliphatic rings. The predicted molar refractivity (Wildman–Crippen MR) is 122 cm³/mol. The molecular formula is C24H33NO4Si. The van der Waals surface area contributed by atoms with Crippen LogP contribution >= 0.6 is 0 Å². The summed E-state index contributed by atoms with van der Waals surface area (Å²) < 4.78 is 12.4. The molecule has 1 saturated heterocycles. The third-order valence-electron chi connectivity index (χ3n) is 6.09. The molecule has 1 aliphatic heterocycles. The highest BCUT2D eigenvalue weighted by Gasteiger charge is 2.51. The molecule has 0 aliphatic carbocycles. The minimum absolute atomic E-state index is 0.140. The van der Waals surface area contributed by atoms with Crippen molar-refractivity contribution in [3.63, 3.8) is 0 Å². The minimum atomic E-state index is -2.69. The van der Waals surface area contributed by atoms with Gasteiger partial charge in [0.25, 0.3) is 8.32 Å². The highest BCUT2D eigenvalue weighted by molar-refractivity contribution is 6.99. The number of rotatable bonds is 6. The second kappa shape index (κ2) is 9.33. The maximum atomic E-state index is 12.0. The number of carboxylic acid groups (broad SMARTS) is 1. The van der Waals surface area contributed by atoms with E-state index in [0.29, 0.717) is 6.61 Å². The van der Waals surface area contributed by atoms with Crippen molar-refractivity contribution >= 4 is 24.8 Å². The maximum Gasteiger partial charge on any atom is 0.409 e. The van der Waals surface area contributed by atoms with E-state index in [1.165, 1.54) is 15.3 Å². The number of hydrogen-bond acceptors (Lipinski definition) is 3. The van der Waals surface area contributed by atoms with Gasteiger partial charge in [-0.3, -0.25) is 4.90 Å². The standard InChI is InChI=1S/C24H33NO4Si/c1-24(2,3)30(20-13-7-5-8-14-20,21-15-9-6-10-16-21)29-18-19-12-11-17-22(28-4)25(19)23(26)27/h5-10,13-16,19,22H,11-12,17-18H2,1-4H3,(H,26,27). The summed E-state index contributed by atoms with van der Waals surface area (Å²) >= 11 is 0. The molecule has 1 fully saturated rings. The van der Waals surface area contributed by atoms with Crippen LogP contribution in [0.2, 0.25) is 5.04 Å². The van der Waals surface area contributed by atoms with Crippen LogP contribution < -0.4 is 10.4 Å². The predicted octanol–water partition coefficient (Wildman–Crippen LogP) is 4.07. The van der Waals surface area contributed by atoms with Gasteiger partial charge in [0.15, 0.2) is 0 Å². The van der Waals surface area contributed by atoms with E-state index in [1.807, 2.05) is 12.1 Å². The van der Waals surface area contributed by atoms with Gasteiger partial charge in [0.1, 0.15) is 6.23 Å². The van der Waals surface area contributed by atoms with Gasteiger partial charge in [-0.2, -0.15) is 0 Å². The topological polar surface area (TPSA) is 59.0 Å². The highest BCUT2D eigenvalue weighted by Crippen LogP contribution is 2.37. The molecule has 30 heavy (non-hydrogen) atoms. The summed E-state index contributed by atoms with van der Waals surface area (Å²) in [7, 11) is -1.11. The Morgan fingerprint density at radius 1 is 1.03 bits per heavy atom. The number of methoxy groups -OCH3 is 1. The van der Waals surface area contributed by atoms with Crippen molar-refractivity contribution in [2.24, 2.45) is 0 Å². The van der Waals surface area contributed by atoms with E-state index in [2.05, 4.69) is 69.3 Å². The van der Waals surface area contributed by atoms with Gasteiger partial charge < -0.3 is 14.3 Å². The van der Waals surface area contributed by atoms with Crippen molar-refractivity contribution in [1.82, 2.24) is 4.90 Å². The maximum absolute atomic E-state index is 12.0. The number of likely N-dealkylation sites (tertiary alicyclic amines) is 1. The molecule has 0 bridgehead atoms. The highest BCUT2D eigenvalue weighted by atomic mass is 28.4. The molecule has 1 heterocycles. The molecule has 0 aromatic heterocycles. The Kier molecular flexibility index (Phi) is 7.01. The van der Waals surface area contributed by atoms with Crippen LogP contribution in [0.15, 0.2) is 60.7 Å². The first-order valence-electron chi connectivity index (χ1n) is 10.6. The number of benzene rings is 2. The SMILES string of the molecule is COC1CCCC(CO[Si](c2ccccc2)(c2ccccc2)C(C)(C)C)N1C(=O)O. The lowest BCUT2D eigenvalue weighted by molar-refractivity contribution is -0.0741. The molecule has 0 saturated carbocycles. The molecule has 0 spiro atoms. The summed E-state index contributed by atoms with van der Waals surface area (Å²) in [6, 6.07) is 20.6. The lowest BCUT2D eigenvalue weighted by atomic mass is 10.0. The van der Waals surface area contributed by atoms with Crippen molar-refractivity contribution in [1.29, 1.82) is 0 Å². The smallest absolute Gasteiger partial charge is 0.409 e. The zero-order valence-electron chi connectivity index (χ0n) is 18.4. The van der Waals surface area contributed by atoms with Crippen LogP contribution in [0, 0.1) is 0 Å². The van der Waals surface area contributed by atoms with Gasteiger partial charge in [0.2, 0.25) is 0 Å². The zero-order chi connectivity index (χ0) is 21.8. The summed E-state index contributed by atoms with van der Waals surface area (Å²) in [6.45, 7) is 7.05. The van der Waals surface area contributed by atoms with Gasteiger partial charge in [-0.15, -0.1) is 0 Å². The van der Waals surface area contributed by atoms with Gasteiger partial charge in [-0.1, -0.05) is 81.4 Å². The van der Waals surface area contributed by atoms with E-state index < -0.39 is 20.6 Å². The van der Waals surface area contributed by atoms with E-state index in [9.17, 15) is 9.90 Å². The van der Waals surface area contributed by atoms with Crippen LogP contribution in [-0.4, -0.2) is 50.4 Å². The molecule has 0 radical (unpaired) electrons. The fourth-order valence-electron chi connectivity index (χ4n) is 4.70. The average molecular weight is 428 g/mol. The van der Waals surface area contributed by atoms with Crippen LogP contribution in [-0.2, 0) is 9.16 Å². The van der Waals surface area contributed by atoms with Crippen molar-refractivity contribution in [2.45, 2.75) is 57.3 Å². The summed E-state index contributed by atoms with van der Waals surface area (Å²) in [5, 5.41) is 12.1. The average Bonchev–Trinajstić information content (AvgIpc) is 2.74. The number of hydrogen-bond donors (Lipinski definition) is 1.